The fourth-order valence-corrected chi connectivity index (χ4v) is 2.04. The summed E-state index contributed by atoms with van der Waals surface area (Å²) in [4.78, 5) is 4.49. The zero-order chi connectivity index (χ0) is 13.4. The molecule has 0 amide bonds. The number of nitrogen functional groups attached to an aromatic ring is 1. The summed E-state index contributed by atoms with van der Waals surface area (Å²) >= 11 is 0. The Kier molecular flexibility index (Phi) is 2.63. The Balaban J connectivity index is 2.18. The number of hydrogen-bond acceptors (Lipinski definition) is 4. The number of nitrogens with two attached hydrogens (primary N) is 1. The summed E-state index contributed by atoms with van der Waals surface area (Å²) < 4.78 is 11.1. The van der Waals surface area contributed by atoms with Crippen molar-refractivity contribution in [2.24, 2.45) is 0 Å². The number of hydrogen-bond donors (Lipinski definition) is 1. The first-order valence-electron chi connectivity index (χ1n) is 5.98. The number of benzene rings is 2. The summed E-state index contributed by atoms with van der Waals surface area (Å²) in [7, 11) is 1.60. The highest BCUT2D eigenvalue weighted by molar-refractivity contribution is 5.78. The lowest BCUT2D eigenvalue weighted by Gasteiger charge is -2.05. The van der Waals surface area contributed by atoms with Gasteiger partial charge in [-0.25, -0.2) is 4.98 Å². The second-order valence-electron chi connectivity index (χ2n) is 4.45. The van der Waals surface area contributed by atoms with Gasteiger partial charge in [-0.15, -0.1) is 0 Å². The molecule has 0 fully saturated rings. The average molecular weight is 254 g/mol. The Labute approximate surface area is 110 Å². The number of fused-ring (bicyclic) bond motifs is 1. The van der Waals surface area contributed by atoms with Crippen molar-refractivity contribution in [2.75, 3.05) is 12.8 Å². The highest BCUT2D eigenvalue weighted by atomic mass is 16.5. The molecule has 0 saturated heterocycles. The Hall–Kier alpha value is -2.49. The molecule has 0 aliphatic carbocycles. The quantitative estimate of drug-likeness (QED) is 0.712. The minimum absolute atomic E-state index is 0.539. The van der Waals surface area contributed by atoms with Gasteiger partial charge in [0.05, 0.1) is 12.7 Å². The smallest absolute Gasteiger partial charge is 0.231 e. The number of ether oxygens (including phenoxy) is 1. The van der Waals surface area contributed by atoms with Gasteiger partial charge in [0.25, 0.3) is 0 Å². The van der Waals surface area contributed by atoms with Crippen LogP contribution in [0.4, 0.5) is 5.69 Å². The Morgan fingerprint density at radius 1 is 1.16 bits per heavy atom. The lowest BCUT2D eigenvalue weighted by molar-refractivity contribution is 0.415. The van der Waals surface area contributed by atoms with E-state index in [-0.39, 0.29) is 0 Å². The third kappa shape index (κ3) is 2.01. The van der Waals surface area contributed by atoms with Crippen LogP contribution in [0.5, 0.6) is 5.75 Å². The zero-order valence-corrected chi connectivity index (χ0v) is 10.8. The summed E-state index contributed by atoms with van der Waals surface area (Å²) in [5.41, 5.74) is 9.94. The summed E-state index contributed by atoms with van der Waals surface area (Å²) in [6.07, 6.45) is 0. The molecule has 3 aromatic rings. The molecule has 3 rings (SSSR count). The van der Waals surface area contributed by atoms with Crippen molar-refractivity contribution in [3.8, 4) is 17.2 Å². The first-order valence-corrected chi connectivity index (χ1v) is 5.98. The van der Waals surface area contributed by atoms with Gasteiger partial charge >= 0.3 is 0 Å². The highest BCUT2D eigenvalue weighted by Gasteiger charge is 2.13. The van der Waals surface area contributed by atoms with Crippen LogP contribution in [0.2, 0.25) is 0 Å². The fraction of sp³-hybridized carbons (Fsp3) is 0.133. The molecule has 2 N–H and O–H groups in total. The molecule has 1 heterocycles. The van der Waals surface area contributed by atoms with Gasteiger partial charge in [-0.3, -0.25) is 0 Å². The van der Waals surface area contributed by atoms with E-state index in [1.54, 1.807) is 19.2 Å². The first-order chi connectivity index (χ1) is 9.17. The molecule has 0 aliphatic rings. The summed E-state index contributed by atoms with van der Waals surface area (Å²) in [5.74, 6) is 1.20. The maximum absolute atomic E-state index is 5.76. The Morgan fingerprint density at radius 2 is 2.00 bits per heavy atom. The molecule has 2 aromatic carbocycles. The molecular formula is C15H14N2O2. The summed E-state index contributed by atoms with van der Waals surface area (Å²) in [6, 6.07) is 11.3. The van der Waals surface area contributed by atoms with Crippen LogP contribution >= 0.6 is 0 Å². The van der Waals surface area contributed by atoms with E-state index in [0.717, 1.165) is 22.2 Å². The molecule has 4 nitrogen and oxygen atoms in total. The number of aromatic nitrogens is 1. The summed E-state index contributed by atoms with van der Waals surface area (Å²) in [6.45, 7) is 2.03. The van der Waals surface area contributed by atoms with E-state index in [0.29, 0.717) is 17.3 Å². The van der Waals surface area contributed by atoms with Crippen LogP contribution in [0.25, 0.3) is 22.6 Å². The molecule has 0 unspecified atom stereocenters. The predicted molar refractivity (Wildman–Crippen MR) is 75.1 cm³/mol. The fourth-order valence-electron chi connectivity index (χ4n) is 2.04. The van der Waals surface area contributed by atoms with Crippen LogP contribution in [0, 0.1) is 6.92 Å². The van der Waals surface area contributed by atoms with Gasteiger partial charge in [0, 0.05) is 11.8 Å². The van der Waals surface area contributed by atoms with Crippen molar-refractivity contribution in [2.45, 2.75) is 6.92 Å². The number of nitrogens with zero attached hydrogens (tertiary/aromatic N) is 1. The lowest BCUT2D eigenvalue weighted by Crippen LogP contribution is -1.91. The Morgan fingerprint density at radius 3 is 2.79 bits per heavy atom. The predicted octanol–water partition coefficient (Wildman–Crippen LogP) is 3.39. The van der Waals surface area contributed by atoms with Gasteiger partial charge in [0.1, 0.15) is 11.3 Å². The normalized spacial score (nSPS) is 10.8. The van der Waals surface area contributed by atoms with Gasteiger partial charge < -0.3 is 14.9 Å². The van der Waals surface area contributed by atoms with E-state index in [1.165, 1.54) is 0 Å². The molecule has 19 heavy (non-hydrogen) atoms. The second-order valence-corrected chi connectivity index (χ2v) is 4.45. The largest absolute Gasteiger partial charge is 0.496 e. The van der Waals surface area contributed by atoms with Crippen molar-refractivity contribution < 1.29 is 9.15 Å². The van der Waals surface area contributed by atoms with Crippen LogP contribution < -0.4 is 10.5 Å². The molecule has 0 aliphatic heterocycles. The van der Waals surface area contributed by atoms with E-state index in [2.05, 4.69) is 4.98 Å². The van der Waals surface area contributed by atoms with Gasteiger partial charge in [0.15, 0.2) is 5.58 Å². The average Bonchev–Trinajstić information content (AvgIpc) is 2.81. The standard InChI is InChI=1S/C15H14N2O2/c1-9-3-6-13-12(7-9)17-15(19-13)11-5-4-10(16)8-14(11)18-2/h3-8H,16H2,1-2H3. The van der Waals surface area contributed by atoms with Crippen LogP contribution in [-0.4, -0.2) is 12.1 Å². The monoisotopic (exact) mass is 254 g/mol. The maximum atomic E-state index is 5.76. The van der Waals surface area contributed by atoms with Gasteiger partial charge in [0.2, 0.25) is 5.89 Å². The number of rotatable bonds is 2. The van der Waals surface area contributed by atoms with E-state index in [9.17, 15) is 0 Å². The molecule has 96 valence electrons. The SMILES string of the molecule is COc1cc(N)ccc1-c1nc2cc(C)ccc2o1. The minimum Gasteiger partial charge on any atom is -0.496 e. The molecular weight excluding hydrogens is 240 g/mol. The van der Waals surface area contributed by atoms with Crippen LogP contribution in [0.15, 0.2) is 40.8 Å². The number of anilines is 1. The molecule has 0 spiro atoms. The first kappa shape index (κ1) is 11.6. The maximum Gasteiger partial charge on any atom is 0.231 e. The Bertz CT molecular complexity index is 747. The lowest BCUT2D eigenvalue weighted by atomic mass is 10.2. The van der Waals surface area contributed by atoms with Crippen molar-refractivity contribution in [3.05, 3.63) is 42.0 Å². The molecule has 4 heteroatoms. The topological polar surface area (TPSA) is 61.3 Å². The van der Waals surface area contributed by atoms with Gasteiger partial charge in [-0.1, -0.05) is 6.07 Å². The van der Waals surface area contributed by atoms with Crippen molar-refractivity contribution in [3.63, 3.8) is 0 Å². The highest BCUT2D eigenvalue weighted by Crippen LogP contribution is 2.33. The molecule has 0 bridgehead atoms. The molecule has 0 radical (unpaired) electrons. The van der Waals surface area contributed by atoms with Crippen molar-refractivity contribution in [1.29, 1.82) is 0 Å². The zero-order valence-electron chi connectivity index (χ0n) is 10.8. The third-order valence-corrected chi connectivity index (χ3v) is 3.00. The van der Waals surface area contributed by atoms with Crippen LogP contribution in [0.1, 0.15) is 5.56 Å². The second kappa shape index (κ2) is 4.31. The van der Waals surface area contributed by atoms with Crippen LogP contribution in [-0.2, 0) is 0 Å². The summed E-state index contributed by atoms with van der Waals surface area (Å²) in [5, 5.41) is 0. The molecule has 1 aromatic heterocycles. The third-order valence-electron chi connectivity index (χ3n) is 3.00. The van der Waals surface area contributed by atoms with E-state index >= 15 is 0 Å². The van der Waals surface area contributed by atoms with E-state index < -0.39 is 0 Å². The van der Waals surface area contributed by atoms with Crippen molar-refractivity contribution >= 4 is 16.8 Å². The molecule has 0 saturated carbocycles. The van der Waals surface area contributed by atoms with Crippen molar-refractivity contribution in [1.82, 2.24) is 4.98 Å². The minimum atomic E-state index is 0.539. The molecule has 0 atom stereocenters. The van der Waals surface area contributed by atoms with E-state index in [1.807, 2.05) is 31.2 Å². The number of oxazole rings is 1. The number of aryl methyl sites for hydroxylation is 1. The van der Waals surface area contributed by atoms with Crippen LogP contribution in [0.3, 0.4) is 0 Å². The van der Waals surface area contributed by atoms with Gasteiger partial charge in [-0.2, -0.15) is 0 Å². The van der Waals surface area contributed by atoms with Gasteiger partial charge in [-0.05, 0) is 36.8 Å². The van der Waals surface area contributed by atoms with E-state index in [4.69, 9.17) is 14.9 Å². The number of methoxy groups -OCH3 is 1.